The Balaban J connectivity index is 2.75. The monoisotopic (exact) mass is 198 g/mol. The van der Waals surface area contributed by atoms with Gasteiger partial charge in [-0.2, -0.15) is 0 Å². The average Bonchev–Trinajstić information content (AvgIpc) is 2.09. The Morgan fingerprint density at radius 3 is 2.50 bits per heavy atom. The van der Waals surface area contributed by atoms with Crippen LogP contribution in [-0.2, 0) is 0 Å². The standard InChI is InChI=1S/C12H26N2/c1-7-12(5,6)14-9-11(3,4)13-8-10(14)2/h10,13H,7-9H2,1-6H3. The van der Waals surface area contributed by atoms with E-state index in [0.717, 1.165) is 13.1 Å². The highest BCUT2D eigenvalue weighted by atomic mass is 15.3. The summed E-state index contributed by atoms with van der Waals surface area (Å²) >= 11 is 0. The van der Waals surface area contributed by atoms with Crippen molar-refractivity contribution >= 4 is 0 Å². The molecule has 1 aliphatic rings. The van der Waals surface area contributed by atoms with E-state index in [0.29, 0.717) is 11.6 Å². The molecule has 1 fully saturated rings. The second-order valence-electron chi connectivity index (χ2n) is 5.91. The number of nitrogens with zero attached hydrogens (tertiary/aromatic N) is 1. The summed E-state index contributed by atoms with van der Waals surface area (Å²) in [5.74, 6) is 0. The fourth-order valence-corrected chi connectivity index (χ4v) is 2.19. The Labute approximate surface area is 89.1 Å². The van der Waals surface area contributed by atoms with Gasteiger partial charge in [0.15, 0.2) is 0 Å². The van der Waals surface area contributed by atoms with Crippen LogP contribution in [0.5, 0.6) is 0 Å². The third-order valence-electron chi connectivity index (χ3n) is 3.62. The lowest BCUT2D eigenvalue weighted by atomic mass is 9.90. The van der Waals surface area contributed by atoms with Gasteiger partial charge in [0.05, 0.1) is 0 Å². The molecule has 1 unspecified atom stereocenters. The minimum absolute atomic E-state index is 0.263. The summed E-state index contributed by atoms with van der Waals surface area (Å²) in [4.78, 5) is 2.64. The predicted octanol–water partition coefficient (Wildman–Crippen LogP) is 2.25. The van der Waals surface area contributed by atoms with Crippen molar-refractivity contribution in [3.8, 4) is 0 Å². The number of nitrogens with one attached hydrogen (secondary N) is 1. The number of piperazine rings is 1. The van der Waals surface area contributed by atoms with Crippen LogP contribution in [-0.4, -0.2) is 35.1 Å². The molecule has 1 aliphatic heterocycles. The molecule has 0 aromatic heterocycles. The van der Waals surface area contributed by atoms with Gasteiger partial charge in [-0.05, 0) is 41.0 Å². The lowest BCUT2D eigenvalue weighted by Gasteiger charge is -2.50. The largest absolute Gasteiger partial charge is 0.309 e. The van der Waals surface area contributed by atoms with E-state index >= 15 is 0 Å². The first kappa shape index (κ1) is 12.0. The molecule has 14 heavy (non-hydrogen) atoms. The van der Waals surface area contributed by atoms with Crippen molar-refractivity contribution in [1.82, 2.24) is 10.2 Å². The van der Waals surface area contributed by atoms with Crippen molar-refractivity contribution in [3.05, 3.63) is 0 Å². The van der Waals surface area contributed by atoms with Gasteiger partial charge in [-0.1, -0.05) is 6.92 Å². The molecule has 1 N–H and O–H groups in total. The predicted molar refractivity (Wildman–Crippen MR) is 62.6 cm³/mol. The van der Waals surface area contributed by atoms with Gasteiger partial charge < -0.3 is 5.32 Å². The molecule has 84 valence electrons. The fourth-order valence-electron chi connectivity index (χ4n) is 2.19. The van der Waals surface area contributed by atoms with Crippen molar-refractivity contribution in [2.75, 3.05) is 13.1 Å². The van der Waals surface area contributed by atoms with E-state index in [4.69, 9.17) is 0 Å². The molecule has 1 heterocycles. The molecule has 2 nitrogen and oxygen atoms in total. The maximum atomic E-state index is 3.59. The van der Waals surface area contributed by atoms with Crippen molar-refractivity contribution in [1.29, 1.82) is 0 Å². The Morgan fingerprint density at radius 2 is 2.00 bits per heavy atom. The molecule has 0 aliphatic carbocycles. The zero-order valence-electron chi connectivity index (χ0n) is 10.6. The highest BCUT2D eigenvalue weighted by molar-refractivity contribution is 4.96. The lowest BCUT2D eigenvalue weighted by molar-refractivity contribution is 0.0148. The normalized spacial score (nSPS) is 29.1. The van der Waals surface area contributed by atoms with Crippen LogP contribution in [0.3, 0.4) is 0 Å². The Hall–Kier alpha value is -0.0800. The first-order valence-corrected chi connectivity index (χ1v) is 5.80. The molecule has 0 amide bonds. The third-order valence-corrected chi connectivity index (χ3v) is 3.62. The molecule has 1 atom stereocenters. The summed E-state index contributed by atoms with van der Waals surface area (Å²) in [5.41, 5.74) is 0.595. The SMILES string of the molecule is CCC(C)(C)N1CC(C)(C)NCC1C. The van der Waals surface area contributed by atoms with E-state index < -0.39 is 0 Å². The van der Waals surface area contributed by atoms with Crippen LogP contribution in [0.25, 0.3) is 0 Å². The molecule has 0 spiro atoms. The van der Waals surface area contributed by atoms with Gasteiger partial charge in [0.2, 0.25) is 0 Å². The van der Waals surface area contributed by atoms with Gasteiger partial charge in [-0.15, -0.1) is 0 Å². The fraction of sp³-hybridized carbons (Fsp3) is 1.00. The topological polar surface area (TPSA) is 15.3 Å². The summed E-state index contributed by atoms with van der Waals surface area (Å²) in [5, 5.41) is 3.59. The Kier molecular flexibility index (Phi) is 3.27. The average molecular weight is 198 g/mol. The minimum atomic E-state index is 0.263. The summed E-state index contributed by atoms with van der Waals surface area (Å²) in [6.07, 6.45) is 1.22. The molecule has 0 saturated carbocycles. The second kappa shape index (κ2) is 3.82. The molecule has 1 rings (SSSR count). The summed E-state index contributed by atoms with van der Waals surface area (Å²) in [6, 6.07) is 0.651. The maximum absolute atomic E-state index is 3.59. The van der Waals surface area contributed by atoms with Crippen LogP contribution >= 0.6 is 0 Å². The minimum Gasteiger partial charge on any atom is -0.309 e. The highest BCUT2D eigenvalue weighted by Gasteiger charge is 2.37. The second-order valence-corrected chi connectivity index (χ2v) is 5.91. The molecule has 1 saturated heterocycles. The molecule has 0 bridgehead atoms. The molecular weight excluding hydrogens is 172 g/mol. The van der Waals surface area contributed by atoms with Crippen LogP contribution in [0.1, 0.15) is 48.0 Å². The molecule has 0 radical (unpaired) electrons. The van der Waals surface area contributed by atoms with Gasteiger partial charge in [-0.3, -0.25) is 4.90 Å². The van der Waals surface area contributed by atoms with Crippen molar-refractivity contribution in [3.63, 3.8) is 0 Å². The zero-order valence-corrected chi connectivity index (χ0v) is 10.6. The van der Waals surface area contributed by atoms with Gasteiger partial charge in [0, 0.05) is 30.2 Å². The summed E-state index contributed by atoms with van der Waals surface area (Å²) in [6.45, 7) is 16.1. The van der Waals surface area contributed by atoms with Crippen LogP contribution in [0.2, 0.25) is 0 Å². The van der Waals surface area contributed by atoms with Crippen LogP contribution in [0.15, 0.2) is 0 Å². The van der Waals surface area contributed by atoms with Gasteiger partial charge >= 0.3 is 0 Å². The number of hydrogen-bond donors (Lipinski definition) is 1. The smallest absolute Gasteiger partial charge is 0.0253 e. The lowest BCUT2D eigenvalue weighted by Crippen LogP contribution is -2.65. The van der Waals surface area contributed by atoms with Crippen LogP contribution in [0, 0.1) is 0 Å². The van der Waals surface area contributed by atoms with E-state index in [9.17, 15) is 0 Å². The summed E-state index contributed by atoms with van der Waals surface area (Å²) < 4.78 is 0. The Bertz CT molecular complexity index is 196. The summed E-state index contributed by atoms with van der Waals surface area (Å²) in [7, 11) is 0. The highest BCUT2D eigenvalue weighted by Crippen LogP contribution is 2.26. The van der Waals surface area contributed by atoms with Crippen LogP contribution in [0.4, 0.5) is 0 Å². The molecular formula is C12H26N2. The molecule has 0 aromatic rings. The van der Waals surface area contributed by atoms with E-state index in [2.05, 4.69) is 51.8 Å². The molecule has 0 aromatic carbocycles. The van der Waals surface area contributed by atoms with Gasteiger partial charge in [0.1, 0.15) is 0 Å². The Morgan fingerprint density at radius 1 is 1.43 bits per heavy atom. The first-order valence-electron chi connectivity index (χ1n) is 5.80. The maximum Gasteiger partial charge on any atom is 0.0253 e. The van der Waals surface area contributed by atoms with E-state index in [1.54, 1.807) is 0 Å². The van der Waals surface area contributed by atoms with Gasteiger partial charge in [0.25, 0.3) is 0 Å². The quantitative estimate of drug-likeness (QED) is 0.732. The van der Waals surface area contributed by atoms with E-state index in [1.165, 1.54) is 6.42 Å². The van der Waals surface area contributed by atoms with Gasteiger partial charge in [-0.25, -0.2) is 0 Å². The third kappa shape index (κ3) is 2.48. The van der Waals surface area contributed by atoms with Crippen LogP contribution < -0.4 is 5.32 Å². The van der Waals surface area contributed by atoms with Crippen molar-refractivity contribution < 1.29 is 0 Å². The number of hydrogen-bond acceptors (Lipinski definition) is 2. The molecule has 2 heteroatoms. The van der Waals surface area contributed by atoms with Crippen molar-refractivity contribution in [2.24, 2.45) is 0 Å². The van der Waals surface area contributed by atoms with Crippen molar-refractivity contribution in [2.45, 2.75) is 65.1 Å². The van der Waals surface area contributed by atoms with E-state index in [1.807, 2.05) is 0 Å². The van der Waals surface area contributed by atoms with E-state index in [-0.39, 0.29) is 5.54 Å². The zero-order chi connectivity index (χ0) is 11.0. The number of rotatable bonds is 2. The first-order chi connectivity index (χ1) is 6.28.